The zero-order chi connectivity index (χ0) is 19.5. The Morgan fingerprint density at radius 2 is 1.71 bits per heavy atom. The number of likely N-dealkylation sites (tertiary alicyclic amines) is 1. The number of nitrogens with zero attached hydrogens (tertiary/aromatic N) is 3. The van der Waals surface area contributed by atoms with E-state index in [4.69, 9.17) is 11.6 Å². The molecule has 0 spiro atoms. The summed E-state index contributed by atoms with van der Waals surface area (Å²) in [5, 5.41) is 4.80. The number of hydrogen-bond donors (Lipinski definition) is 0. The molecule has 1 atom stereocenters. The minimum atomic E-state index is -0.178. The Morgan fingerprint density at radius 3 is 2.39 bits per heavy atom. The lowest BCUT2D eigenvalue weighted by molar-refractivity contribution is 0.0637. The first-order valence-electron chi connectivity index (χ1n) is 9.31. The van der Waals surface area contributed by atoms with E-state index in [1.165, 1.54) is 0 Å². The second-order valence-electron chi connectivity index (χ2n) is 6.96. The van der Waals surface area contributed by atoms with Crippen LogP contribution in [0.15, 0.2) is 67.0 Å². The molecule has 3 aromatic rings. The van der Waals surface area contributed by atoms with E-state index < -0.39 is 0 Å². The van der Waals surface area contributed by atoms with Crippen molar-refractivity contribution in [2.45, 2.75) is 12.8 Å². The normalized spacial score (nSPS) is 16.8. The number of rotatable bonds is 4. The highest BCUT2D eigenvalue weighted by Crippen LogP contribution is 2.23. The molecule has 1 aliphatic rings. The fourth-order valence-corrected chi connectivity index (χ4v) is 3.71. The van der Waals surface area contributed by atoms with Gasteiger partial charge in [0.25, 0.3) is 5.91 Å². The standard InChI is InChI=1S/C22H20ClN3O2/c23-19-8-4-16(5-9-19)21(27)18-3-1-13-25(15-18)22(28)17-6-10-20(11-7-17)26-14-2-12-24-26/h2,4-12,14,18H,1,3,13,15H2/t18-/m1/s1. The van der Waals surface area contributed by atoms with Crippen LogP contribution in [0.4, 0.5) is 0 Å². The van der Waals surface area contributed by atoms with E-state index in [0.29, 0.717) is 29.2 Å². The Morgan fingerprint density at radius 1 is 1.00 bits per heavy atom. The number of Topliss-reactive ketones (excluding diaryl/α,β-unsaturated/α-hetero) is 1. The molecule has 5 nitrogen and oxygen atoms in total. The fraction of sp³-hybridized carbons (Fsp3) is 0.227. The quantitative estimate of drug-likeness (QED) is 0.622. The van der Waals surface area contributed by atoms with E-state index in [-0.39, 0.29) is 17.6 Å². The molecule has 4 rings (SSSR count). The SMILES string of the molecule is O=C(c1ccc(Cl)cc1)[C@@H]1CCCN(C(=O)c2ccc(-n3cccn3)cc2)C1. The van der Waals surface area contributed by atoms with Crippen molar-refractivity contribution in [1.29, 1.82) is 0 Å². The monoisotopic (exact) mass is 393 g/mol. The van der Waals surface area contributed by atoms with E-state index in [2.05, 4.69) is 5.10 Å². The van der Waals surface area contributed by atoms with E-state index in [0.717, 1.165) is 18.5 Å². The molecule has 1 saturated heterocycles. The number of carbonyl (C=O) groups is 2. The van der Waals surface area contributed by atoms with E-state index in [1.807, 2.05) is 36.5 Å². The van der Waals surface area contributed by atoms with Gasteiger partial charge in [-0.25, -0.2) is 4.68 Å². The van der Waals surface area contributed by atoms with Crippen molar-refractivity contribution in [1.82, 2.24) is 14.7 Å². The molecule has 0 aliphatic carbocycles. The number of benzene rings is 2. The molecule has 1 amide bonds. The molecule has 0 saturated carbocycles. The Kier molecular flexibility index (Phi) is 5.26. The first-order valence-corrected chi connectivity index (χ1v) is 9.69. The summed E-state index contributed by atoms with van der Waals surface area (Å²) in [5.41, 5.74) is 2.17. The topological polar surface area (TPSA) is 55.2 Å². The zero-order valence-electron chi connectivity index (χ0n) is 15.3. The average Bonchev–Trinajstić information content (AvgIpc) is 3.28. The van der Waals surface area contributed by atoms with Crippen LogP contribution in [0.3, 0.4) is 0 Å². The Balaban J connectivity index is 1.46. The number of halogens is 1. The van der Waals surface area contributed by atoms with Gasteiger partial charge in [0.2, 0.25) is 0 Å². The molecule has 2 heterocycles. The summed E-state index contributed by atoms with van der Waals surface area (Å²) in [6, 6.07) is 16.2. The van der Waals surface area contributed by atoms with Crippen LogP contribution in [0.5, 0.6) is 0 Å². The number of ketones is 1. The molecule has 2 aromatic carbocycles. The second kappa shape index (κ2) is 7.98. The highest BCUT2D eigenvalue weighted by molar-refractivity contribution is 6.30. The predicted molar refractivity (Wildman–Crippen MR) is 108 cm³/mol. The molecule has 0 radical (unpaired) electrons. The molecule has 0 N–H and O–H groups in total. The van der Waals surface area contributed by atoms with Gasteiger partial charge < -0.3 is 4.90 Å². The summed E-state index contributed by atoms with van der Waals surface area (Å²) < 4.78 is 1.75. The van der Waals surface area contributed by atoms with Crippen molar-refractivity contribution < 1.29 is 9.59 Å². The van der Waals surface area contributed by atoms with Crippen molar-refractivity contribution >= 4 is 23.3 Å². The molecule has 1 fully saturated rings. The molecule has 28 heavy (non-hydrogen) atoms. The first-order chi connectivity index (χ1) is 13.6. The van der Waals surface area contributed by atoms with Gasteiger partial charge in [-0.05, 0) is 67.4 Å². The van der Waals surface area contributed by atoms with Crippen LogP contribution in [0.1, 0.15) is 33.6 Å². The molecule has 142 valence electrons. The fourth-order valence-electron chi connectivity index (χ4n) is 3.59. The summed E-state index contributed by atoms with van der Waals surface area (Å²) >= 11 is 5.91. The third-order valence-corrected chi connectivity index (χ3v) is 5.34. The van der Waals surface area contributed by atoms with Crippen molar-refractivity contribution in [3.05, 3.63) is 83.1 Å². The van der Waals surface area contributed by atoms with E-state index in [9.17, 15) is 9.59 Å². The molecule has 1 aliphatic heterocycles. The number of piperidine rings is 1. The van der Waals surface area contributed by atoms with Crippen LogP contribution in [0.25, 0.3) is 5.69 Å². The van der Waals surface area contributed by atoms with Gasteiger partial charge in [0.1, 0.15) is 0 Å². The van der Waals surface area contributed by atoms with Gasteiger partial charge in [0, 0.05) is 47.6 Å². The number of amides is 1. The molecular formula is C22H20ClN3O2. The van der Waals surface area contributed by atoms with Crippen molar-refractivity contribution in [3.8, 4) is 5.69 Å². The summed E-state index contributed by atoms with van der Waals surface area (Å²) in [7, 11) is 0. The largest absolute Gasteiger partial charge is 0.338 e. The highest BCUT2D eigenvalue weighted by Gasteiger charge is 2.29. The van der Waals surface area contributed by atoms with Gasteiger partial charge in [-0.15, -0.1) is 0 Å². The van der Waals surface area contributed by atoms with E-state index >= 15 is 0 Å². The highest BCUT2D eigenvalue weighted by atomic mass is 35.5. The lowest BCUT2D eigenvalue weighted by atomic mass is 9.89. The molecule has 1 aromatic heterocycles. The van der Waals surface area contributed by atoms with Gasteiger partial charge in [0.15, 0.2) is 5.78 Å². The van der Waals surface area contributed by atoms with Gasteiger partial charge in [-0.2, -0.15) is 5.10 Å². The summed E-state index contributed by atoms with van der Waals surface area (Å²) in [6.07, 6.45) is 5.18. The maximum Gasteiger partial charge on any atom is 0.253 e. The predicted octanol–water partition coefficient (Wildman–Crippen LogP) is 4.26. The van der Waals surface area contributed by atoms with Gasteiger partial charge in [-0.1, -0.05) is 11.6 Å². The number of carbonyl (C=O) groups excluding carboxylic acids is 2. The van der Waals surface area contributed by atoms with Crippen molar-refractivity contribution in [2.24, 2.45) is 5.92 Å². The van der Waals surface area contributed by atoms with Crippen LogP contribution in [0.2, 0.25) is 5.02 Å². The van der Waals surface area contributed by atoms with Crippen LogP contribution >= 0.6 is 11.6 Å². The van der Waals surface area contributed by atoms with Crippen LogP contribution in [-0.2, 0) is 0 Å². The lowest BCUT2D eigenvalue weighted by Gasteiger charge is -2.32. The zero-order valence-corrected chi connectivity index (χ0v) is 16.0. The van der Waals surface area contributed by atoms with Crippen LogP contribution in [0, 0.1) is 5.92 Å². The Hall–Kier alpha value is -2.92. The van der Waals surface area contributed by atoms with Crippen molar-refractivity contribution in [3.63, 3.8) is 0 Å². The number of aromatic nitrogens is 2. The summed E-state index contributed by atoms with van der Waals surface area (Å²) in [4.78, 5) is 27.5. The summed E-state index contributed by atoms with van der Waals surface area (Å²) in [6.45, 7) is 1.12. The van der Waals surface area contributed by atoms with E-state index in [1.54, 1.807) is 40.0 Å². The lowest BCUT2D eigenvalue weighted by Crippen LogP contribution is -2.42. The minimum Gasteiger partial charge on any atom is -0.338 e. The smallest absolute Gasteiger partial charge is 0.253 e. The van der Waals surface area contributed by atoms with Crippen LogP contribution < -0.4 is 0 Å². The molecule has 0 bridgehead atoms. The van der Waals surface area contributed by atoms with Gasteiger partial charge in [-0.3, -0.25) is 9.59 Å². The minimum absolute atomic E-state index is 0.0411. The Bertz CT molecular complexity index is 966. The molecule has 6 heteroatoms. The van der Waals surface area contributed by atoms with Crippen molar-refractivity contribution in [2.75, 3.05) is 13.1 Å². The third-order valence-electron chi connectivity index (χ3n) is 5.09. The second-order valence-corrected chi connectivity index (χ2v) is 7.40. The first kappa shape index (κ1) is 18.4. The van der Waals surface area contributed by atoms with Gasteiger partial charge in [0.05, 0.1) is 5.69 Å². The summed E-state index contributed by atoms with van der Waals surface area (Å²) in [5.74, 6) is -0.147. The van der Waals surface area contributed by atoms with Gasteiger partial charge >= 0.3 is 0 Å². The Labute approximate surface area is 168 Å². The molecular weight excluding hydrogens is 374 g/mol. The maximum atomic E-state index is 12.9. The van der Waals surface area contributed by atoms with Crippen LogP contribution in [-0.4, -0.2) is 39.5 Å². The third kappa shape index (κ3) is 3.85. The molecule has 0 unspecified atom stereocenters. The average molecular weight is 394 g/mol. The maximum absolute atomic E-state index is 12.9. The number of hydrogen-bond acceptors (Lipinski definition) is 3.